The van der Waals surface area contributed by atoms with E-state index in [-0.39, 0.29) is 18.4 Å². The van der Waals surface area contributed by atoms with Crippen LogP contribution in [-0.4, -0.2) is 23.0 Å². The highest BCUT2D eigenvalue weighted by Crippen LogP contribution is 2.26. The molecule has 1 aromatic heterocycles. The van der Waals surface area contributed by atoms with Gasteiger partial charge >= 0.3 is 0 Å². The molecule has 0 fully saturated rings. The van der Waals surface area contributed by atoms with Crippen LogP contribution in [-0.2, 0) is 23.1 Å². The first-order valence-electron chi connectivity index (χ1n) is 6.85. The Hall–Kier alpha value is -2.41. The molecule has 22 heavy (non-hydrogen) atoms. The minimum Gasteiger partial charge on any atom is -0.484 e. The van der Waals surface area contributed by atoms with Crippen molar-refractivity contribution in [2.45, 2.75) is 12.8 Å². The van der Waals surface area contributed by atoms with E-state index in [1.54, 1.807) is 16.7 Å². The predicted molar refractivity (Wildman–Crippen MR) is 82.7 cm³/mol. The van der Waals surface area contributed by atoms with Crippen molar-refractivity contribution in [3.63, 3.8) is 0 Å². The van der Waals surface area contributed by atoms with E-state index >= 15 is 0 Å². The van der Waals surface area contributed by atoms with Crippen molar-refractivity contribution >= 4 is 28.8 Å². The summed E-state index contributed by atoms with van der Waals surface area (Å²) in [5, 5.41) is 4.67. The van der Waals surface area contributed by atoms with Crippen molar-refractivity contribution in [3.05, 3.63) is 40.1 Å². The van der Waals surface area contributed by atoms with Gasteiger partial charge in [-0.05, 0) is 30.2 Å². The number of ether oxygens (including phenoxy) is 1. The van der Waals surface area contributed by atoms with Gasteiger partial charge < -0.3 is 14.6 Å². The lowest BCUT2D eigenvalue weighted by atomic mass is 10.0. The summed E-state index contributed by atoms with van der Waals surface area (Å²) in [6, 6.07) is 5.39. The van der Waals surface area contributed by atoms with Gasteiger partial charge in [0.1, 0.15) is 5.75 Å². The molecule has 6 nitrogen and oxygen atoms in total. The maximum Gasteiger partial charge on any atom is 0.286 e. The van der Waals surface area contributed by atoms with Crippen molar-refractivity contribution < 1.29 is 14.3 Å². The average molecular weight is 317 g/mol. The first-order chi connectivity index (χ1) is 10.6. The van der Waals surface area contributed by atoms with Gasteiger partial charge in [-0.3, -0.25) is 9.59 Å². The summed E-state index contributed by atoms with van der Waals surface area (Å²) in [6.07, 6.45) is 3.00. The summed E-state index contributed by atoms with van der Waals surface area (Å²) in [4.78, 5) is 27.7. The van der Waals surface area contributed by atoms with Crippen LogP contribution in [0.25, 0.3) is 0 Å². The number of hydrogen-bond donors (Lipinski definition) is 1. The number of thiazole rings is 1. The Labute approximate surface area is 131 Å². The Morgan fingerprint density at radius 3 is 3.09 bits per heavy atom. The van der Waals surface area contributed by atoms with Crippen LogP contribution in [0, 0.1) is 0 Å². The van der Waals surface area contributed by atoms with E-state index in [1.165, 1.54) is 11.3 Å². The number of aromatic nitrogens is 1. The zero-order valence-electron chi connectivity index (χ0n) is 12.0. The molecule has 0 radical (unpaired) electrons. The second-order valence-corrected chi connectivity index (χ2v) is 5.83. The molecule has 2 amide bonds. The number of hydrogen-bond acceptors (Lipinski definition) is 4. The summed E-state index contributed by atoms with van der Waals surface area (Å²) in [5.41, 5.74) is 1.83. The number of benzene rings is 1. The van der Waals surface area contributed by atoms with Crippen molar-refractivity contribution in [1.82, 2.24) is 4.57 Å². The van der Waals surface area contributed by atoms with Gasteiger partial charge in [-0.1, -0.05) is 0 Å². The molecule has 2 aromatic rings. The summed E-state index contributed by atoms with van der Waals surface area (Å²) >= 11 is 1.40. The fourth-order valence-corrected chi connectivity index (χ4v) is 2.92. The van der Waals surface area contributed by atoms with Gasteiger partial charge in [-0.15, -0.1) is 11.3 Å². The maximum atomic E-state index is 11.8. The number of carbonyl (C=O) groups excluding carboxylic acids is 2. The van der Waals surface area contributed by atoms with E-state index in [2.05, 4.69) is 10.3 Å². The molecule has 1 aromatic carbocycles. The number of rotatable bonds is 3. The molecule has 114 valence electrons. The molecular weight excluding hydrogens is 302 g/mol. The van der Waals surface area contributed by atoms with Crippen molar-refractivity contribution in [2.24, 2.45) is 12.0 Å². The Morgan fingerprint density at radius 2 is 2.32 bits per heavy atom. The van der Waals surface area contributed by atoms with Gasteiger partial charge in [0.25, 0.3) is 5.91 Å². The van der Waals surface area contributed by atoms with Crippen LogP contribution in [0.1, 0.15) is 12.0 Å². The molecule has 0 aliphatic carbocycles. The summed E-state index contributed by atoms with van der Waals surface area (Å²) in [6.45, 7) is -0.108. The first kappa shape index (κ1) is 14.5. The van der Waals surface area contributed by atoms with Gasteiger partial charge in [-0.2, -0.15) is 4.99 Å². The van der Waals surface area contributed by atoms with Crippen LogP contribution in [0.5, 0.6) is 5.75 Å². The van der Waals surface area contributed by atoms with Crippen LogP contribution >= 0.6 is 11.3 Å². The molecule has 0 spiro atoms. The lowest BCUT2D eigenvalue weighted by Gasteiger charge is -2.17. The molecule has 0 atom stereocenters. The van der Waals surface area contributed by atoms with Crippen molar-refractivity contribution in [3.8, 4) is 5.75 Å². The Morgan fingerprint density at radius 1 is 1.45 bits per heavy atom. The number of nitrogens with zero attached hydrogens (tertiary/aromatic N) is 2. The molecule has 0 saturated heterocycles. The molecule has 1 N–H and O–H groups in total. The monoisotopic (exact) mass is 317 g/mol. The fraction of sp³-hybridized carbons (Fsp3) is 0.267. The molecule has 2 heterocycles. The molecule has 7 heteroatoms. The minimum absolute atomic E-state index is 0.0268. The third-order valence-corrected chi connectivity index (χ3v) is 4.16. The third kappa shape index (κ3) is 3.25. The maximum absolute atomic E-state index is 11.8. The lowest BCUT2D eigenvalue weighted by Crippen LogP contribution is -2.19. The van der Waals surface area contributed by atoms with Gasteiger partial charge in [0.2, 0.25) is 5.91 Å². The molecule has 1 aliphatic rings. The van der Waals surface area contributed by atoms with E-state index in [0.717, 1.165) is 11.3 Å². The third-order valence-electron chi connectivity index (χ3n) is 3.31. The second kappa shape index (κ2) is 6.15. The van der Waals surface area contributed by atoms with E-state index < -0.39 is 0 Å². The zero-order valence-corrected chi connectivity index (χ0v) is 12.9. The Balaban J connectivity index is 1.66. The number of aryl methyl sites for hydroxylation is 2. The highest BCUT2D eigenvalue weighted by atomic mass is 32.1. The standard InChI is InChI=1S/C15H15N3O3S/c1-18-6-7-22-15(18)17-14(20)9-21-11-3-4-12-10(8-11)2-5-13(19)16-12/h3-4,6-8H,2,5,9H2,1H3,(H,16,19). The van der Waals surface area contributed by atoms with Crippen LogP contribution < -0.4 is 14.9 Å². The summed E-state index contributed by atoms with van der Waals surface area (Å²) in [5.74, 6) is 0.303. The minimum atomic E-state index is -0.330. The summed E-state index contributed by atoms with van der Waals surface area (Å²) < 4.78 is 7.27. The fourth-order valence-electron chi connectivity index (χ4n) is 2.17. The summed E-state index contributed by atoms with van der Waals surface area (Å²) in [7, 11) is 1.83. The highest BCUT2D eigenvalue weighted by Gasteiger charge is 2.15. The molecule has 0 saturated carbocycles. The van der Waals surface area contributed by atoms with E-state index in [9.17, 15) is 9.59 Å². The molecular formula is C15H15N3O3S. The molecule has 0 bridgehead atoms. The van der Waals surface area contributed by atoms with Crippen molar-refractivity contribution in [1.29, 1.82) is 0 Å². The second-order valence-electron chi connectivity index (χ2n) is 4.96. The van der Waals surface area contributed by atoms with E-state index in [1.807, 2.05) is 24.7 Å². The number of carbonyl (C=O) groups is 2. The lowest BCUT2D eigenvalue weighted by molar-refractivity contribution is -0.120. The number of nitrogens with one attached hydrogen (secondary N) is 1. The van der Waals surface area contributed by atoms with Crippen LogP contribution in [0.3, 0.4) is 0 Å². The predicted octanol–water partition coefficient (Wildman–Crippen LogP) is 1.48. The highest BCUT2D eigenvalue weighted by molar-refractivity contribution is 7.07. The van der Waals surface area contributed by atoms with Gasteiger partial charge in [0.15, 0.2) is 11.4 Å². The molecule has 3 rings (SSSR count). The quantitative estimate of drug-likeness (QED) is 0.932. The first-order valence-corrected chi connectivity index (χ1v) is 7.73. The molecule has 1 aliphatic heterocycles. The average Bonchev–Trinajstić information content (AvgIpc) is 2.90. The van der Waals surface area contributed by atoms with E-state index in [0.29, 0.717) is 23.4 Å². The Bertz CT molecular complexity index is 791. The number of anilines is 1. The smallest absolute Gasteiger partial charge is 0.286 e. The van der Waals surface area contributed by atoms with Gasteiger partial charge in [0.05, 0.1) is 0 Å². The normalized spacial score (nSPS) is 14.4. The van der Waals surface area contributed by atoms with Crippen LogP contribution in [0.15, 0.2) is 34.8 Å². The van der Waals surface area contributed by atoms with Crippen LogP contribution in [0.2, 0.25) is 0 Å². The van der Waals surface area contributed by atoms with Crippen LogP contribution in [0.4, 0.5) is 5.69 Å². The zero-order chi connectivity index (χ0) is 15.5. The number of fused-ring (bicyclic) bond motifs is 1. The van der Waals surface area contributed by atoms with Gasteiger partial charge in [-0.25, -0.2) is 0 Å². The largest absolute Gasteiger partial charge is 0.484 e. The topological polar surface area (TPSA) is 72.7 Å². The van der Waals surface area contributed by atoms with Gasteiger partial charge in [0, 0.05) is 30.7 Å². The Kier molecular flexibility index (Phi) is 4.06. The van der Waals surface area contributed by atoms with E-state index in [4.69, 9.17) is 4.74 Å². The SMILES string of the molecule is Cn1ccsc1=NC(=O)COc1ccc2c(c1)CCC(=O)N2. The van der Waals surface area contributed by atoms with Crippen molar-refractivity contribution in [2.75, 3.05) is 11.9 Å². The number of amides is 2. The molecule has 0 unspecified atom stereocenters.